The molecule has 1 aromatic heterocycles. The molecule has 3 aromatic carbocycles. The number of fused-ring (bicyclic) bond motifs is 1. The van der Waals surface area contributed by atoms with Gasteiger partial charge in [-0.1, -0.05) is 54.1 Å². The second kappa shape index (κ2) is 9.69. The highest BCUT2D eigenvalue weighted by atomic mass is 35.5. The standard InChI is InChI=1S/C27H26ClN5O/c1-19(20-7-3-2-4-8-20)29-25-23-9-5-6-10-24(23)30-27(31-25)33-17-15-32(16-18-33)26(34)21-11-13-22(28)14-12-21/h2-14,19H,15-18H2,1H3,(H,29,30,31). The van der Waals surface area contributed by atoms with E-state index in [9.17, 15) is 4.79 Å². The average Bonchev–Trinajstić information content (AvgIpc) is 2.89. The number of anilines is 2. The van der Waals surface area contributed by atoms with Gasteiger partial charge in [-0.3, -0.25) is 4.79 Å². The van der Waals surface area contributed by atoms with Crippen LogP contribution in [0, 0.1) is 0 Å². The molecule has 0 bridgehead atoms. The molecule has 4 aromatic rings. The highest BCUT2D eigenvalue weighted by molar-refractivity contribution is 6.30. The molecule has 34 heavy (non-hydrogen) atoms. The van der Waals surface area contributed by atoms with Crippen molar-refractivity contribution in [2.75, 3.05) is 36.4 Å². The summed E-state index contributed by atoms with van der Waals surface area (Å²) >= 11 is 5.96. The number of para-hydroxylation sites is 1. The number of nitrogens with zero attached hydrogens (tertiary/aromatic N) is 4. The van der Waals surface area contributed by atoms with Crippen LogP contribution in [0.15, 0.2) is 78.9 Å². The van der Waals surface area contributed by atoms with Crippen molar-refractivity contribution in [1.29, 1.82) is 0 Å². The maximum atomic E-state index is 12.9. The summed E-state index contributed by atoms with van der Waals surface area (Å²) < 4.78 is 0. The molecule has 1 atom stereocenters. The molecule has 0 aliphatic carbocycles. The van der Waals surface area contributed by atoms with Gasteiger partial charge in [-0.25, -0.2) is 4.98 Å². The molecule has 6 nitrogen and oxygen atoms in total. The zero-order valence-corrected chi connectivity index (χ0v) is 19.7. The summed E-state index contributed by atoms with van der Waals surface area (Å²) in [5, 5.41) is 5.20. The predicted molar refractivity (Wildman–Crippen MR) is 138 cm³/mol. The Balaban J connectivity index is 1.35. The van der Waals surface area contributed by atoms with Gasteiger partial charge in [-0.2, -0.15) is 4.98 Å². The summed E-state index contributed by atoms with van der Waals surface area (Å²) in [6.45, 7) is 4.70. The van der Waals surface area contributed by atoms with Crippen LogP contribution in [0.1, 0.15) is 28.9 Å². The molecular formula is C27H26ClN5O. The van der Waals surface area contributed by atoms with Crippen LogP contribution in [0.4, 0.5) is 11.8 Å². The van der Waals surface area contributed by atoms with E-state index in [0.717, 1.165) is 16.7 Å². The first-order valence-electron chi connectivity index (χ1n) is 11.5. The normalized spacial score (nSPS) is 14.8. The van der Waals surface area contributed by atoms with Crippen molar-refractivity contribution in [2.24, 2.45) is 0 Å². The third-order valence-corrected chi connectivity index (χ3v) is 6.44. The molecule has 2 heterocycles. The lowest BCUT2D eigenvalue weighted by Gasteiger charge is -2.35. The molecule has 1 aliphatic rings. The zero-order valence-electron chi connectivity index (χ0n) is 19.0. The highest BCUT2D eigenvalue weighted by Gasteiger charge is 2.24. The van der Waals surface area contributed by atoms with Crippen molar-refractivity contribution in [3.63, 3.8) is 0 Å². The quantitative estimate of drug-likeness (QED) is 0.421. The predicted octanol–water partition coefficient (Wildman–Crippen LogP) is 5.42. The number of benzene rings is 3. The molecule has 1 unspecified atom stereocenters. The number of piperazine rings is 1. The third kappa shape index (κ3) is 4.68. The second-order valence-electron chi connectivity index (χ2n) is 8.45. The molecule has 0 radical (unpaired) electrons. The highest BCUT2D eigenvalue weighted by Crippen LogP contribution is 2.27. The van der Waals surface area contributed by atoms with Gasteiger partial charge in [-0.05, 0) is 48.9 Å². The summed E-state index contributed by atoms with van der Waals surface area (Å²) in [6, 6.07) is 25.5. The smallest absolute Gasteiger partial charge is 0.253 e. The molecule has 0 saturated carbocycles. The van der Waals surface area contributed by atoms with E-state index >= 15 is 0 Å². The van der Waals surface area contributed by atoms with Crippen molar-refractivity contribution in [1.82, 2.24) is 14.9 Å². The van der Waals surface area contributed by atoms with Gasteiger partial charge in [0.15, 0.2) is 0 Å². The van der Waals surface area contributed by atoms with Crippen LogP contribution in [0.5, 0.6) is 0 Å². The Kier molecular flexibility index (Phi) is 6.32. The maximum absolute atomic E-state index is 12.9. The number of nitrogens with one attached hydrogen (secondary N) is 1. The fraction of sp³-hybridized carbons (Fsp3) is 0.222. The van der Waals surface area contributed by atoms with E-state index in [1.165, 1.54) is 5.56 Å². The minimum Gasteiger partial charge on any atom is -0.363 e. The van der Waals surface area contributed by atoms with Crippen LogP contribution >= 0.6 is 11.6 Å². The van der Waals surface area contributed by atoms with Crippen LogP contribution in [0.25, 0.3) is 10.9 Å². The Morgan fingerprint density at radius 3 is 2.29 bits per heavy atom. The van der Waals surface area contributed by atoms with Gasteiger partial charge in [0.1, 0.15) is 5.82 Å². The summed E-state index contributed by atoms with van der Waals surface area (Å²) in [4.78, 5) is 26.6. The van der Waals surface area contributed by atoms with E-state index in [1.807, 2.05) is 47.4 Å². The first kappa shape index (κ1) is 22.2. The molecule has 1 amide bonds. The molecule has 1 saturated heterocycles. The van der Waals surface area contributed by atoms with E-state index in [4.69, 9.17) is 21.6 Å². The van der Waals surface area contributed by atoms with E-state index in [2.05, 4.69) is 29.3 Å². The van der Waals surface area contributed by atoms with Crippen LogP contribution in [-0.4, -0.2) is 47.0 Å². The summed E-state index contributed by atoms with van der Waals surface area (Å²) in [5.41, 5.74) is 2.75. The van der Waals surface area contributed by atoms with Crippen molar-refractivity contribution >= 4 is 40.2 Å². The lowest BCUT2D eigenvalue weighted by molar-refractivity contribution is 0.0746. The molecule has 7 heteroatoms. The van der Waals surface area contributed by atoms with Crippen molar-refractivity contribution in [3.05, 3.63) is 95.0 Å². The summed E-state index contributed by atoms with van der Waals surface area (Å²) in [7, 11) is 0. The molecule has 1 N–H and O–H groups in total. The zero-order chi connectivity index (χ0) is 23.5. The molecule has 0 spiro atoms. The van der Waals surface area contributed by atoms with Gasteiger partial charge >= 0.3 is 0 Å². The van der Waals surface area contributed by atoms with E-state index in [-0.39, 0.29) is 11.9 Å². The lowest BCUT2D eigenvalue weighted by Crippen LogP contribution is -2.49. The molecule has 172 valence electrons. The number of hydrogen-bond donors (Lipinski definition) is 1. The van der Waals surface area contributed by atoms with Crippen LogP contribution in [-0.2, 0) is 0 Å². The third-order valence-electron chi connectivity index (χ3n) is 6.19. The van der Waals surface area contributed by atoms with Crippen LogP contribution in [0.3, 0.4) is 0 Å². The number of carbonyl (C=O) groups is 1. The van der Waals surface area contributed by atoms with Gasteiger partial charge in [-0.15, -0.1) is 0 Å². The van der Waals surface area contributed by atoms with Crippen molar-refractivity contribution < 1.29 is 4.79 Å². The SMILES string of the molecule is CC(Nc1nc(N2CCN(C(=O)c3ccc(Cl)cc3)CC2)nc2ccccc12)c1ccccc1. The van der Waals surface area contributed by atoms with Gasteiger partial charge in [0.05, 0.1) is 5.52 Å². The van der Waals surface area contributed by atoms with Crippen molar-refractivity contribution in [2.45, 2.75) is 13.0 Å². The van der Waals surface area contributed by atoms with E-state index in [0.29, 0.717) is 42.7 Å². The average molecular weight is 472 g/mol. The Bertz CT molecular complexity index is 1290. The first-order chi connectivity index (χ1) is 16.6. The minimum absolute atomic E-state index is 0.0230. The van der Waals surface area contributed by atoms with E-state index < -0.39 is 0 Å². The summed E-state index contributed by atoms with van der Waals surface area (Å²) in [5.74, 6) is 1.52. The largest absolute Gasteiger partial charge is 0.363 e. The molecule has 5 rings (SSSR count). The lowest BCUT2D eigenvalue weighted by atomic mass is 10.1. The Morgan fingerprint density at radius 2 is 1.56 bits per heavy atom. The number of amides is 1. The number of rotatable bonds is 5. The fourth-order valence-corrected chi connectivity index (χ4v) is 4.36. The second-order valence-corrected chi connectivity index (χ2v) is 8.89. The Morgan fingerprint density at radius 1 is 0.882 bits per heavy atom. The number of halogens is 1. The van der Waals surface area contributed by atoms with Gasteiger partial charge < -0.3 is 15.1 Å². The first-order valence-corrected chi connectivity index (χ1v) is 11.8. The Hall–Kier alpha value is -3.64. The fourth-order valence-electron chi connectivity index (χ4n) is 4.23. The number of hydrogen-bond acceptors (Lipinski definition) is 5. The van der Waals surface area contributed by atoms with Gasteiger partial charge in [0.2, 0.25) is 5.95 Å². The molecular weight excluding hydrogens is 446 g/mol. The van der Waals surface area contributed by atoms with Crippen LogP contribution < -0.4 is 10.2 Å². The minimum atomic E-state index is 0.0230. The van der Waals surface area contributed by atoms with Gasteiger partial charge in [0, 0.05) is 48.2 Å². The van der Waals surface area contributed by atoms with Gasteiger partial charge in [0.25, 0.3) is 5.91 Å². The number of carbonyl (C=O) groups excluding carboxylic acids is 1. The number of aromatic nitrogens is 2. The maximum Gasteiger partial charge on any atom is 0.253 e. The molecule has 1 fully saturated rings. The Labute approximate surface area is 204 Å². The monoisotopic (exact) mass is 471 g/mol. The van der Waals surface area contributed by atoms with Crippen LogP contribution in [0.2, 0.25) is 5.02 Å². The topological polar surface area (TPSA) is 61.4 Å². The molecule has 1 aliphatic heterocycles. The van der Waals surface area contributed by atoms with E-state index in [1.54, 1.807) is 24.3 Å². The van der Waals surface area contributed by atoms with Crippen molar-refractivity contribution in [3.8, 4) is 0 Å². The summed E-state index contributed by atoms with van der Waals surface area (Å²) in [6.07, 6.45) is 0.